The van der Waals surface area contributed by atoms with E-state index in [0.717, 1.165) is 19.3 Å². The van der Waals surface area contributed by atoms with Crippen LogP contribution in [0.15, 0.2) is 12.1 Å². The maximum Gasteiger partial charge on any atom is 0.341 e. The van der Waals surface area contributed by atoms with Gasteiger partial charge in [0.05, 0.1) is 22.3 Å². The molecule has 0 aliphatic heterocycles. The number of nitriles is 1. The first kappa shape index (κ1) is 19.4. The molecule has 1 aliphatic rings. The van der Waals surface area contributed by atoms with Crippen LogP contribution in [0, 0.1) is 11.3 Å². The number of rotatable bonds is 4. The van der Waals surface area contributed by atoms with Crippen LogP contribution in [-0.4, -0.2) is 23.5 Å². The minimum absolute atomic E-state index is 0.00943. The van der Waals surface area contributed by atoms with E-state index in [-0.39, 0.29) is 21.3 Å². The van der Waals surface area contributed by atoms with E-state index in [4.69, 9.17) is 33.7 Å². The molecule has 0 radical (unpaired) electrons. The van der Waals surface area contributed by atoms with Crippen LogP contribution in [0.5, 0.6) is 0 Å². The van der Waals surface area contributed by atoms with Crippen molar-refractivity contribution in [1.29, 1.82) is 5.26 Å². The number of ether oxygens (including phenoxy) is 1. The smallest absolute Gasteiger partial charge is 0.341 e. The molecule has 2 rings (SSSR count). The van der Waals surface area contributed by atoms with Crippen LogP contribution >= 0.6 is 23.2 Å². The van der Waals surface area contributed by atoms with E-state index < -0.39 is 23.5 Å². The summed E-state index contributed by atoms with van der Waals surface area (Å²) in [5, 5.41) is 12.5. The van der Waals surface area contributed by atoms with Crippen molar-refractivity contribution in [3.63, 3.8) is 0 Å². The topological polar surface area (TPSA) is 105 Å². The molecule has 1 amide bonds. The number of anilines is 1. The van der Waals surface area contributed by atoms with Gasteiger partial charge in [-0.25, -0.2) is 4.79 Å². The fourth-order valence-corrected chi connectivity index (χ4v) is 3.28. The molecule has 0 bridgehead atoms. The number of hydrogen-bond acceptors (Lipinski definition) is 5. The summed E-state index contributed by atoms with van der Waals surface area (Å²) in [5.74, 6) is -1.33. The van der Waals surface area contributed by atoms with Crippen molar-refractivity contribution in [2.75, 3.05) is 5.73 Å². The number of carbonyl (C=O) groups excluding carboxylic acids is 2. The van der Waals surface area contributed by atoms with Crippen molar-refractivity contribution >= 4 is 40.8 Å². The Balaban J connectivity index is 2.06. The first-order valence-electron chi connectivity index (χ1n) is 7.97. The van der Waals surface area contributed by atoms with Gasteiger partial charge in [0.15, 0.2) is 6.10 Å². The number of amides is 1. The third-order valence-corrected chi connectivity index (χ3v) is 4.78. The largest absolute Gasteiger partial charge is 0.449 e. The highest BCUT2D eigenvalue weighted by molar-refractivity contribution is 6.37. The zero-order valence-corrected chi connectivity index (χ0v) is 15.3. The van der Waals surface area contributed by atoms with Crippen molar-refractivity contribution in [1.82, 2.24) is 5.32 Å². The van der Waals surface area contributed by atoms with Crippen LogP contribution in [0.2, 0.25) is 10.0 Å². The first-order chi connectivity index (χ1) is 11.8. The molecular weight excluding hydrogens is 365 g/mol. The van der Waals surface area contributed by atoms with Gasteiger partial charge >= 0.3 is 5.97 Å². The van der Waals surface area contributed by atoms with Gasteiger partial charge < -0.3 is 15.8 Å². The van der Waals surface area contributed by atoms with Gasteiger partial charge in [-0.15, -0.1) is 0 Å². The summed E-state index contributed by atoms with van der Waals surface area (Å²) in [5.41, 5.74) is 4.89. The molecule has 3 N–H and O–H groups in total. The van der Waals surface area contributed by atoms with Crippen LogP contribution in [0.1, 0.15) is 49.4 Å². The Labute approximate surface area is 156 Å². The molecule has 0 saturated heterocycles. The van der Waals surface area contributed by atoms with E-state index in [0.29, 0.717) is 12.8 Å². The fourth-order valence-electron chi connectivity index (χ4n) is 2.79. The maximum absolute atomic E-state index is 12.3. The number of carbonyl (C=O) groups is 2. The predicted octanol–water partition coefficient (Wildman–Crippen LogP) is 3.46. The molecule has 0 aromatic heterocycles. The molecule has 1 fully saturated rings. The monoisotopic (exact) mass is 383 g/mol. The van der Waals surface area contributed by atoms with Gasteiger partial charge in [0.25, 0.3) is 5.91 Å². The highest BCUT2D eigenvalue weighted by Gasteiger charge is 2.35. The van der Waals surface area contributed by atoms with E-state index in [2.05, 4.69) is 11.4 Å². The van der Waals surface area contributed by atoms with Crippen molar-refractivity contribution < 1.29 is 14.3 Å². The summed E-state index contributed by atoms with van der Waals surface area (Å²) in [4.78, 5) is 24.6. The van der Waals surface area contributed by atoms with Gasteiger partial charge in [0, 0.05) is 5.02 Å². The highest BCUT2D eigenvalue weighted by atomic mass is 35.5. The SMILES string of the molecule is C[C@H](OC(=O)c1cc(Cl)cc(Cl)c1N)C(=O)NC1(C#N)CCCCC1. The number of halogens is 2. The molecule has 8 heteroatoms. The number of benzene rings is 1. The lowest BCUT2D eigenvalue weighted by Crippen LogP contribution is -2.52. The van der Waals surface area contributed by atoms with Crippen LogP contribution in [0.4, 0.5) is 5.69 Å². The molecular formula is C17H19Cl2N3O3. The first-order valence-corrected chi connectivity index (χ1v) is 8.72. The zero-order chi connectivity index (χ0) is 18.6. The number of nitrogen functional groups attached to an aromatic ring is 1. The third-order valence-electron chi connectivity index (χ3n) is 4.25. The molecule has 0 heterocycles. The van der Waals surface area contributed by atoms with E-state index in [1.54, 1.807) is 0 Å². The van der Waals surface area contributed by atoms with Crippen molar-refractivity contribution in [2.24, 2.45) is 0 Å². The Hall–Kier alpha value is -1.97. The van der Waals surface area contributed by atoms with Crippen LogP contribution < -0.4 is 11.1 Å². The number of nitrogens with zero attached hydrogens (tertiary/aromatic N) is 1. The average molecular weight is 384 g/mol. The highest BCUT2D eigenvalue weighted by Crippen LogP contribution is 2.29. The van der Waals surface area contributed by atoms with Crippen molar-refractivity contribution in [2.45, 2.75) is 50.7 Å². The van der Waals surface area contributed by atoms with Gasteiger partial charge in [-0.1, -0.05) is 42.5 Å². The molecule has 1 saturated carbocycles. The summed E-state index contributed by atoms with van der Waals surface area (Å²) in [7, 11) is 0. The summed E-state index contributed by atoms with van der Waals surface area (Å²) in [6.45, 7) is 1.43. The molecule has 1 aromatic carbocycles. The predicted molar refractivity (Wildman–Crippen MR) is 95.3 cm³/mol. The van der Waals surface area contributed by atoms with Crippen molar-refractivity contribution in [3.8, 4) is 6.07 Å². The van der Waals surface area contributed by atoms with Gasteiger partial charge in [-0.2, -0.15) is 5.26 Å². The molecule has 1 atom stereocenters. The lowest BCUT2D eigenvalue weighted by Gasteiger charge is -2.32. The molecule has 1 aromatic rings. The van der Waals surface area contributed by atoms with Gasteiger partial charge in [-0.05, 0) is 31.9 Å². The Morgan fingerprint density at radius 2 is 1.96 bits per heavy atom. The fraction of sp³-hybridized carbons (Fsp3) is 0.471. The molecule has 134 valence electrons. The second kappa shape index (κ2) is 7.94. The summed E-state index contributed by atoms with van der Waals surface area (Å²) in [6.07, 6.45) is 2.88. The Morgan fingerprint density at radius 1 is 1.32 bits per heavy atom. The average Bonchev–Trinajstić information content (AvgIpc) is 2.58. The van der Waals surface area contributed by atoms with E-state index >= 15 is 0 Å². The van der Waals surface area contributed by atoms with Crippen LogP contribution in [0.3, 0.4) is 0 Å². The Morgan fingerprint density at radius 3 is 2.56 bits per heavy atom. The lowest BCUT2D eigenvalue weighted by molar-refractivity contribution is -0.130. The van der Waals surface area contributed by atoms with Gasteiger partial charge in [0.1, 0.15) is 5.54 Å². The molecule has 0 unspecified atom stereocenters. The van der Waals surface area contributed by atoms with E-state index in [9.17, 15) is 14.9 Å². The van der Waals surface area contributed by atoms with E-state index in [1.807, 2.05) is 0 Å². The van der Waals surface area contributed by atoms with Crippen LogP contribution in [0.25, 0.3) is 0 Å². The lowest BCUT2D eigenvalue weighted by atomic mass is 9.83. The minimum Gasteiger partial charge on any atom is -0.449 e. The summed E-state index contributed by atoms with van der Waals surface area (Å²) in [6, 6.07) is 4.92. The Bertz CT molecular complexity index is 725. The zero-order valence-electron chi connectivity index (χ0n) is 13.8. The number of hydrogen-bond donors (Lipinski definition) is 2. The number of esters is 1. The second-order valence-electron chi connectivity index (χ2n) is 6.14. The van der Waals surface area contributed by atoms with Gasteiger partial charge in [0.2, 0.25) is 0 Å². The third kappa shape index (κ3) is 4.56. The van der Waals surface area contributed by atoms with Crippen molar-refractivity contribution in [3.05, 3.63) is 27.7 Å². The number of nitrogens with one attached hydrogen (secondary N) is 1. The molecule has 1 aliphatic carbocycles. The molecule has 0 spiro atoms. The van der Waals surface area contributed by atoms with Crippen LogP contribution in [-0.2, 0) is 9.53 Å². The van der Waals surface area contributed by atoms with E-state index in [1.165, 1.54) is 19.1 Å². The normalized spacial score (nSPS) is 17.2. The molecule has 25 heavy (non-hydrogen) atoms. The maximum atomic E-state index is 12.3. The number of nitrogens with two attached hydrogens (primary N) is 1. The molecule has 6 nitrogen and oxygen atoms in total. The minimum atomic E-state index is -1.09. The summed E-state index contributed by atoms with van der Waals surface area (Å²) >= 11 is 11.8. The standard InChI is InChI=1S/C17H19Cl2N3O3/c1-10(15(23)22-17(9-20)5-3-2-4-6-17)25-16(24)12-7-11(18)8-13(19)14(12)21/h7-8,10H,2-6,21H2,1H3,(H,22,23)/t10-/m0/s1. The second-order valence-corrected chi connectivity index (χ2v) is 6.98. The van der Waals surface area contributed by atoms with Gasteiger partial charge in [-0.3, -0.25) is 4.79 Å². The summed E-state index contributed by atoms with van der Waals surface area (Å²) < 4.78 is 5.16. The quantitative estimate of drug-likeness (QED) is 0.611. The Kier molecular flexibility index (Phi) is 6.15.